The number of aromatic nitrogens is 1. The molecular weight excluding hydrogens is 380 g/mol. The number of carbonyl (C=O) groups is 1. The van der Waals surface area contributed by atoms with Crippen LogP contribution in [-0.4, -0.2) is 25.0 Å². The van der Waals surface area contributed by atoms with Gasteiger partial charge in [0.15, 0.2) is 0 Å². The lowest BCUT2D eigenvalue weighted by Crippen LogP contribution is -2.24. The molecule has 0 spiro atoms. The maximum absolute atomic E-state index is 12.8. The van der Waals surface area contributed by atoms with Crippen LogP contribution in [0.25, 0.3) is 26.9 Å². The van der Waals surface area contributed by atoms with E-state index in [0.717, 1.165) is 37.8 Å². The molecule has 4 rings (SSSR count). The number of rotatable bonds is 5. The molecule has 0 aliphatic carbocycles. The van der Waals surface area contributed by atoms with E-state index in [9.17, 15) is 4.79 Å². The normalized spacial score (nSPS) is 11.1. The summed E-state index contributed by atoms with van der Waals surface area (Å²) in [5, 5.41) is 0.854. The third-order valence-electron chi connectivity index (χ3n) is 4.64. The number of hydrogen-bond acceptors (Lipinski definition) is 4. The quantitative estimate of drug-likeness (QED) is 0.407. The second-order valence-electron chi connectivity index (χ2n) is 6.51. The number of thiazole rings is 1. The van der Waals surface area contributed by atoms with Crippen LogP contribution in [0, 0.1) is 0 Å². The van der Waals surface area contributed by atoms with E-state index in [0.29, 0.717) is 0 Å². The van der Waals surface area contributed by atoms with Crippen molar-refractivity contribution in [1.82, 2.24) is 4.98 Å². The van der Waals surface area contributed by atoms with Crippen LogP contribution in [0.3, 0.4) is 0 Å². The first-order valence-electron chi connectivity index (χ1n) is 9.20. The van der Waals surface area contributed by atoms with E-state index >= 15 is 0 Å². The van der Waals surface area contributed by atoms with E-state index < -0.39 is 0 Å². The first-order valence-corrected chi connectivity index (χ1v) is 10.0. The fraction of sp³-hybridized carbons (Fsp3) is 0.0833. The van der Waals surface area contributed by atoms with Crippen LogP contribution in [0.15, 0.2) is 78.9 Å². The van der Waals surface area contributed by atoms with E-state index in [1.807, 2.05) is 78.9 Å². The van der Waals surface area contributed by atoms with Crippen LogP contribution in [0.2, 0.25) is 0 Å². The van der Waals surface area contributed by atoms with Crippen LogP contribution >= 0.6 is 11.3 Å². The minimum absolute atomic E-state index is 0.110. The molecule has 0 saturated heterocycles. The highest BCUT2D eigenvalue weighted by molar-refractivity contribution is 7.21. The summed E-state index contributed by atoms with van der Waals surface area (Å²) in [6.45, 7) is 0. The minimum atomic E-state index is -0.110. The van der Waals surface area contributed by atoms with Crippen LogP contribution < -0.4 is 9.64 Å². The van der Waals surface area contributed by atoms with Crippen molar-refractivity contribution < 1.29 is 9.53 Å². The second kappa shape index (κ2) is 8.29. The summed E-state index contributed by atoms with van der Waals surface area (Å²) in [6.07, 6.45) is 3.40. The van der Waals surface area contributed by atoms with Crippen LogP contribution in [-0.2, 0) is 4.79 Å². The molecule has 0 bridgehead atoms. The zero-order chi connectivity index (χ0) is 20.2. The molecule has 0 atom stereocenters. The maximum atomic E-state index is 12.8. The van der Waals surface area contributed by atoms with Crippen molar-refractivity contribution in [2.45, 2.75) is 0 Å². The Morgan fingerprint density at radius 1 is 1.03 bits per heavy atom. The van der Waals surface area contributed by atoms with Gasteiger partial charge in [0, 0.05) is 18.7 Å². The lowest BCUT2D eigenvalue weighted by atomic mass is 10.1. The topological polar surface area (TPSA) is 42.4 Å². The second-order valence-corrected chi connectivity index (χ2v) is 7.54. The summed E-state index contributed by atoms with van der Waals surface area (Å²) in [4.78, 5) is 19.2. The molecule has 0 unspecified atom stereocenters. The number of methoxy groups -OCH3 is 1. The first kappa shape index (κ1) is 18.9. The number of benzene rings is 3. The Morgan fingerprint density at radius 2 is 1.79 bits per heavy atom. The summed E-state index contributed by atoms with van der Waals surface area (Å²) in [5.74, 6) is 0.616. The highest BCUT2D eigenvalue weighted by Crippen LogP contribution is 2.38. The zero-order valence-electron chi connectivity index (χ0n) is 16.2. The average molecular weight is 401 g/mol. The molecule has 1 heterocycles. The van der Waals surface area contributed by atoms with Gasteiger partial charge in [0.2, 0.25) is 0 Å². The molecule has 3 aromatic carbocycles. The van der Waals surface area contributed by atoms with Crippen molar-refractivity contribution in [2.75, 3.05) is 19.1 Å². The fourth-order valence-corrected chi connectivity index (χ4v) is 4.05. The Kier molecular flexibility index (Phi) is 5.40. The van der Waals surface area contributed by atoms with Crippen molar-refractivity contribution in [3.05, 3.63) is 84.4 Å². The number of nitrogens with zero attached hydrogens (tertiary/aromatic N) is 2. The highest BCUT2D eigenvalue weighted by atomic mass is 32.1. The number of para-hydroxylation sites is 1. The van der Waals surface area contributed by atoms with Gasteiger partial charge in [0.05, 0.1) is 23.0 Å². The highest BCUT2D eigenvalue weighted by Gasteiger charge is 2.17. The minimum Gasteiger partial charge on any atom is -0.497 e. The molecule has 0 aliphatic heterocycles. The van der Waals surface area contributed by atoms with Crippen molar-refractivity contribution in [1.29, 1.82) is 0 Å². The van der Waals surface area contributed by atoms with E-state index in [2.05, 4.69) is 0 Å². The van der Waals surface area contributed by atoms with Gasteiger partial charge in [-0.05, 0) is 42.0 Å². The molecule has 5 heteroatoms. The number of carbonyl (C=O) groups excluding carboxylic acids is 1. The SMILES string of the molecule is COc1ccc(N(C)C(=O)/C=C/c2ccccc2)c(-c2nc3ccccc3s2)c1. The number of hydrogen-bond donors (Lipinski definition) is 0. The third-order valence-corrected chi connectivity index (χ3v) is 5.71. The molecule has 29 heavy (non-hydrogen) atoms. The van der Waals surface area contributed by atoms with Crippen molar-refractivity contribution in [2.24, 2.45) is 0 Å². The van der Waals surface area contributed by atoms with Crippen molar-refractivity contribution in [3.8, 4) is 16.3 Å². The van der Waals surface area contributed by atoms with E-state index in [-0.39, 0.29) is 5.91 Å². The molecule has 0 N–H and O–H groups in total. The summed E-state index contributed by atoms with van der Waals surface area (Å²) < 4.78 is 6.52. The number of amides is 1. The lowest BCUT2D eigenvalue weighted by Gasteiger charge is -2.19. The average Bonchev–Trinajstić information content (AvgIpc) is 3.21. The Balaban J connectivity index is 1.71. The Bertz CT molecular complexity index is 1150. The molecule has 1 aromatic heterocycles. The van der Waals surface area contributed by atoms with Gasteiger partial charge in [0.1, 0.15) is 10.8 Å². The molecule has 0 saturated carbocycles. The van der Waals surface area contributed by atoms with Crippen LogP contribution in [0.1, 0.15) is 5.56 Å². The molecule has 4 nitrogen and oxygen atoms in total. The molecule has 0 aliphatic rings. The predicted octanol–water partition coefficient (Wildman–Crippen LogP) is 5.65. The van der Waals surface area contributed by atoms with Gasteiger partial charge in [0.25, 0.3) is 5.91 Å². The Labute approximate surface area is 173 Å². The van der Waals surface area contributed by atoms with E-state index in [4.69, 9.17) is 9.72 Å². The Hall–Kier alpha value is -3.44. The van der Waals surface area contributed by atoms with Gasteiger partial charge in [-0.15, -0.1) is 11.3 Å². The molecule has 0 fully saturated rings. The maximum Gasteiger partial charge on any atom is 0.250 e. The largest absolute Gasteiger partial charge is 0.497 e. The fourth-order valence-electron chi connectivity index (χ4n) is 3.06. The summed E-state index contributed by atoms with van der Waals surface area (Å²) in [5.41, 5.74) is 3.58. The van der Waals surface area contributed by atoms with Gasteiger partial charge in [-0.25, -0.2) is 4.98 Å². The summed E-state index contributed by atoms with van der Waals surface area (Å²) in [7, 11) is 3.41. The molecule has 144 valence electrons. The first-order chi connectivity index (χ1) is 14.2. The summed E-state index contributed by atoms with van der Waals surface area (Å²) >= 11 is 1.60. The third kappa shape index (κ3) is 4.05. The number of ether oxygens (including phenoxy) is 1. The Morgan fingerprint density at radius 3 is 2.55 bits per heavy atom. The predicted molar refractivity (Wildman–Crippen MR) is 120 cm³/mol. The van der Waals surface area contributed by atoms with E-state index in [1.54, 1.807) is 36.5 Å². The van der Waals surface area contributed by atoms with E-state index in [1.165, 1.54) is 0 Å². The van der Waals surface area contributed by atoms with Gasteiger partial charge < -0.3 is 9.64 Å². The molecule has 0 radical (unpaired) electrons. The number of fused-ring (bicyclic) bond motifs is 1. The lowest BCUT2D eigenvalue weighted by molar-refractivity contribution is -0.113. The van der Waals surface area contributed by atoms with Gasteiger partial charge in [-0.2, -0.15) is 0 Å². The van der Waals surface area contributed by atoms with Crippen molar-refractivity contribution >= 4 is 39.2 Å². The number of anilines is 1. The number of likely N-dealkylation sites (N-methyl/N-ethyl adjacent to an activating group) is 1. The van der Waals surface area contributed by atoms with Crippen LogP contribution in [0.4, 0.5) is 5.69 Å². The molecule has 4 aromatic rings. The standard InChI is InChI=1S/C24H20N2O2S/c1-26(23(27)15-12-17-8-4-3-5-9-17)21-14-13-18(28-2)16-19(21)24-25-20-10-6-7-11-22(20)29-24/h3-16H,1-2H3/b15-12+. The van der Waals surface area contributed by atoms with Gasteiger partial charge in [-0.1, -0.05) is 42.5 Å². The zero-order valence-corrected chi connectivity index (χ0v) is 17.0. The van der Waals surface area contributed by atoms with Crippen LogP contribution in [0.5, 0.6) is 5.75 Å². The van der Waals surface area contributed by atoms with Gasteiger partial charge >= 0.3 is 0 Å². The monoisotopic (exact) mass is 400 g/mol. The smallest absolute Gasteiger partial charge is 0.250 e. The molecular formula is C24H20N2O2S. The van der Waals surface area contributed by atoms with Crippen molar-refractivity contribution in [3.63, 3.8) is 0 Å². The summed E-state index contributed by atoms with van der Waals surface area (Å²) in [6, 6.07) is 23.5. The molecule has 1 amide bonds. The van der Waals surface area contributed by atoms with Gasteiger partial charge in [-0.3, -0.25) is 4.79 Å².